The van der Waals surface area contributed by atoms with Crippen LogP contribution in [0.25, 0.3) is 11.0 Å². The highest BCUT2D eigenvalue weighted by molar-refractivity contribution is 6.31. The molecule has 1 atom stereocenters. The van der Waals surface area contributed by atoms with Crippen molar-refractivity contribution >= 4 is 22.6 Å². The zero-order chi connectivity index (χ0) is 10.8. The number of nitrogens with one attached hydrogen (secondary N) is 1. The number of rotatable bonds is 3. The second-order valence-corrected chi connectivity index (χ2v) is 4.23. The summed E-state index contributed by atoms with van der Waals surface area (Å²) in [6.45, 7) is 2.14. The van der Waals surface area contributed by atoms with Crippen LogP contribution in [0.1, 0.15) is 12.5 Å². The Labute approximate surface area is 94.2 Å². The van der Waals surface area contributed by atoms with Crippen molar-refractivity contribution in [1.82, 2.24) is 5.32 Å². The van der Waals surface area contributed by atoms with Crippen LogP contribution < -0.4 is 5.32 Å². The van der Waals surface area contributed by atoms with Gasteiger partial charge in [0.25, 0.3) is 0 Å². The molecule has 1 heterocycles. The van der Waals surface area contributed by atoms with Crippen LogP contribution in [0.2, 0.25) is 5.02 Å². The van der Waals surface area contributed by atoms with Gasteiger partial charge >= 0.3 is 0 Å². The largest absolute Gasteiger partial charge is 0.464 e. The Morgan fingerprint density at radius 2 is 2.27 bits per heavy atom. The summed E-state index contributed by atoms with van der Waals surface area (Å²) in [5.41, 5.74) is 2.10. The molecular weight excluding hydrogens is 210 g/mol. The van der Waals surface area contributed by atoms with E-state index in [1.165, 1.54) is 5.56 Å². The number of benzene rings is 1. The molecule has 0 aliphatic rings. The Morgan fingerprint density at radius 3 is 3.00 bits per heavy atom. The first-order chi connectivity index (χ1) is 7.20. The molecule has 0 aliphatic carbocycles. The smallest absolute Gasteiger partial charge is 0.134 e. The van der Waals surface area contributed by atoms with E-state index < -0.39 is 0 Å². The maximum absolute atomic E-state index is 5.96. The van der Waals surface area contributed by atoms with Crippen LogP contribution in [-0.4, -0.2) is 13.1 Å². The average Bonchev–Trinajstić information content (AvgIpc) is 2.61. The minimum Gasteiger partial charge on any atom is -0.464 e. The molecule has 1 N–H and O–H groups in total. The van der Waals surface area contributed by atoms with Gasteiger partial charge in [-0.3, -0.25) is 0 Å². The Balaban J connectivity index is 2.39. The van der Waals surface area contributed by atoms with Crippen molar-refractivity contribution < 1.29 is 4.42 Å². The van der Waals surface area contributed by atoms with Gasteiger partial charge in [-0.2, -0.15) is 0 Å². The number of fused-ring (bicyclic) bond motifs is 1. The van der Waals surface area contributed by atoms with Gasteiger partial charge in [0.05, 0.1) is 6.26 Å². The van der Waals surface area contributed by atoms with Crippen LogP contribution in [0.3, 0.4) is 0 Å². The molecule has 0 aliphatic heterocycles. The predicted octanol–water partition coefficient (Wildman–Crippen LogP) is 3.24. The average molecular weight is 224 g/mol. The maximum Gasteiger partial charge on any atom is 0.134 e. The number of hydrogen-bond donors (Lipinski definition) is 1. The third-order valence-electron chi connectivity index (χ3n) is 2.63. The molecule has 0 radical (unpaired) electrons. The molecule has 2 nitrogen and oxygen atoms in total. The highest BCUT2D eigenvalue weighted by atomic mass is 35.5. The van der Waals surface area contributed by atoms with Crippen molar-refractivity contribution in [2.24, 2.45) is 0 Å². The fourth-order valence-corrected chi connectivity index (χ4v) is 1.82. The van der Waals surface area contributed by atoms with Crippen LogP contribution in [-0.2, 0) is 6.42 Å². The number of likely N-dealkylation sites (N-methyl/N-ethyl adjacent to an activating group) is 1. The van der Waals surface area contributed by atoms with Crippen molar-refractivity contribution in [3.05, 3.63) is 35.0 Å². The molecule has 80 valence electrons. The van der Waals surface area contributed by atoms with E-state index in [9.17, 15) is 0 Å². The molecule has 0 spiro atoms. The fourth-order valence-electron chi connectivity index (χ4n) is 1.64. The molecule has 0 fully saturated rings. The molecule has 1 aromatic heterocycles. The third kappa shape index (κ3) is 2.16. The molecule has 15 heavy (non-hydrogen) atoms. The van der Waals surface area contributed by atoms with Crippen molar-refractivity contribution in [2.45, 2.75) is 19.4 Å². The number of hydrogen-bond acceptors (Lipinski definition) is 2. The van der Waals surface area contributed by atoms with E-state index in [4.69, 9.17) is 16.0 Å². The van der Waals surface area contributed by atoms with Crippen LogP contribution >= 0.6 is 11.6 Å². The van der Waals surface area contributed by atoms with E-state index in [0.717, 1.165) is 22.4 Å². The van der Waals surface area contributed by atoms with E-state index in [0.29, 0.717) is 6.04 Å². The van der Waals surface area contributed by atoms with Crippen molar-refractivity contribution in [3.63, 3.8) is 0 Å². The van der Waals surface area contributed by atoms with Crippen LogP contribution in [0, 0.1) is 0 Å². The van der Waals surface area contributed by atoms with Crippen LogP contribution in [0.5, 0.6) is 0 Å². The molecule has 0 saturated carbocycles. The molecule has 0 saturated heterocycles. The van der Waals surface area contributed by atoms with Gasteiger partial charge in [-0.25, -0.2) is 0 Å². The normalized spacial score (nSPS) is 13.3. The van der Waals surface area contributed by atoms with Crippen molar-refractivity contribution in [2.75, 3.05) is 7.05 Å². The fraction of sp³-hybridized carbons (Fsp3) is 0.333. The lowest BCUT2D eigenvalue weighted by atomic mass is 10.1. The molecule has 1 unspecified atom stereocenters. The molecule has 2 aromatic rings. The Hall–Kier alpha value is -0.990. The Kier molecular flexibility index (Phi) is 2.98. The standard InChI is InChI=1S/C12H14ClNO/c1-8(14-2)5-9-7-15-12-4-3-10(13)6-11(9)12/h3-4,6-8,14H,5H2,1-2H3. The van der Waals surface area contributed by atoms with Gasteiger partial charge in [-0.15, -0.1) is 0 Å². The lowest BCUT2D eigenvalue weighted by Gasteiger charge is -2.07. The molecule has 1 aromatic carbocycles. The van der Waals surface area contributed by atoms with E-state index in [2.05, 4.69) is 12.2 Å². The van der Waals surface area contributed by atoms with E-state index in [1.807, 2.05) is 31.5 Å². The highest BCUT2D eigenvalue weighted by Crippen LogP contribution is 2.25. The summed E-state index contributed by atoms with van der Waals surface area (Å²) in [6.07, 6.45) is 2.76. The first kappa shape index (κ1) is 10.5. The van der Waals surface area contributed by atoms with E-state index >= 15 is 0 Å². The molecule has 2 rings (SSSR count). The van der Waals surface area contributed by atoms with Gasteiger partial charge in [0.2, 0.25) is 0 Å². The first-order valence-electron chi connectivity index (χ1n) is 5.03. The van der Waals surface area contributed by atoms with Crippen molar-refractivity contribution in [3.8, 4) is 0 Å². The number of furan rings is 1. The Bertz CT molecular complexity index is 464. The lowest BCUT2D eigenvalue weighted by molar-refractivity contribution is 0.583. The van der Waals surface area contributed by atoms with Gasteiger partial charge in [-0.1, -0.05) is 11.6 Å². The Morgan fingerprint density at radius 1 is 1.47 bits per heavy atom. The first-order valence-corrected chi connectivity index (χ1v) is 5.41. The predicted molar refractivity (Wildman–Crippen MR) is 63.4 cm³/mol. The zero-order valence-corrected chi connectivity index (χ0v) is 9.64. The summed E-state index contributed by atoms with van der Waals surface area (Å²) in [5, 5.41) is 5.08. The van der Waals surface area contributed by atoms with E-state index in [-0.39, 0.29) is 0 Å². The molecule has 3 heteroatoms. The third-order valence-corrected chi connectivity index (χ3v) is 2.87. The summed E-state index contributed by atoms with van der Waals surface area (Å²) in [7, 11) is 1.96. The summed E-state index contributed by atoms with van der Waals surface area (Å²) >= 11 is 5.96. The summed E-state index contributed by atoms with van der Waals surface area (Å²) in [4.78, 5) is 0. The zero-order valence-electron chi connectivity index (χ0n) is 8.88. The quantitative estimate of drug-likeness (QED) is 0.864. The second kappa shape index (κ2) is 4.25. The molecular formula is C12H14ClNO. The van der Waals surface area contributed by atoms with Crippen molar-refractivity contribution in [1.29, 1.82) is 0 Å². The molecule has 0 bridgehead atoms. The van der Waals surface area contributed by atoms with E-state index in [1.54, 1.807) is 0 Å². The van der Waals surface area contributed by atoms with Crippen LogP contribution in [0.15, 0.2) is 28.9 Å². The monoisotopic (exact) mass is 223 g/mol. The second-order valence-electron chi connectivity index (χ2n) is 3.80. The SMILES string of the molecule is CNC(C)Cc1coc2ccc(Cl)cc12. The van der Waals surface area contributed by atoms with Crippen LogP contribution in [0.4, 0.5) is 0 Å². The minimum atomic E-state index is 0.435. The maximum atomic E-state index is 5.96. The topological polar surface area (TPSA) is 25.2 Å². The van der Waals surface area contributed by atoms with Gasteiger partial charge < -0.3 is 9.73 Å². The minimum absolute atomic E-state index is 0.435. The summed E-state index contributed by atoms with van der Waals surface area (Å²) in [6, 6.07) is 6.15. The number of halogens is 1. The lowest BCUT2D eigenvalue weighted by Crippen LogP contribution is -2.23. The summed E-state index contributed by atoms with van der Waals surface area (Å²) in [5.74, 6) is 0. The van der Waals surface area contributed by atoms with Gasteiger partial charge in [0, 0.05) is 16.5 Å². The molecule has 0 amide bonds. The van der Waals surface area contributed by atoms with Gasteiger partial charge in [-0.05, 0) is 44.2 Å². The van der Waals surface area contributed by atoms with Gasteiger partial charge in [0.1, 0.15) is 5.58 Å². The van der Waals surface area contributed by atoms with Gasteiger partial charge in [0.15, 0.2) is 0 Å². The summed E-state index contributed by atoms with van der Waals surface area (Å²) < 4.78 is 5.46. The highest BCUT2D eigenvalue weighted by Gasteiger charge is 2.08.